The van der Waals surface area contributed by atoms with Crippen LogP contribution in [0.4, 0.5) is 5.69 Å². The first-order valence-corrected chi connectivity index (χ1v) is 6.66. The lowest BCUT2D eigenvalue weighted by Crippen LogP contribution is -2.34. The van der Waals surface area contributed by atoms with E-state index in [1.807, 2.05) is 0 Å². The largest absolute Gasteiger partial charge is 0.465 e. The predicted octanol–water partition coefficient (Wildman–Crippen LogP) is 0.220. The summed E-state index contributed by atoms with van der Waals surface area (Å²) >= 11 is 0. The van der Waals surface area contributed by atoms with Gasteiger partial charge in [0.25, 0.3) is 5.69 Å². The summed E-state index contributed by atoms with van der Waals surface area (Å²) in [4.78, 5) is 32.8. The van der Waals surface area contributed by atoms with Gasteiger partial charge < -0.3 is 20.3 Å². The van der Waals surface area contributed by atoms with E-state index in [9.17, 15) is 29.9 Å². The summed E-state index contributed by atoms with van der Waals surface area (Å²) in [6.07, 6.45) is -2.92. The zero-order valence-corrected chi connectivity index (χ0v) is 12.9. The molecule has 9 heteroatoms. The Kier molecular flexibility index (Phi) is 6.17. The third-order valence-electron chi connectivity index (χ3n) is 3.29. The van der Waals surface area contributed by atoms with E-state index in [1.54, 1.807) is 0 Å². The summed E-state index contributed by atoms with van der Waals surface area (Å²) in [7, 11) is 1.13. The molecule has 23 heavy (non-hydrogen) atoms. The molecule has 1 aromatic rings. The third-order valence-corrected chi connectivity index (χ3v) is 3.29. The van der Waals surface area contributed by atoms with Crippen LogP contribution in [0.2, 0.25) is 0 Å². The van der Waals surface area contributed by atoms with Crippen molar-refractivity contribution in [3.63, 3.8) is 0 Å². The number of ether oxygens (including phenoxy) is 1. The quantitative estimate of drug-likeness (QED) is 0.386. The van der Waals surface area contributed by atoms with Crippen molar-refractivity contribution in [1.29, 1.82) is 0 Å². The zero-order chi connectivity index (χ0) is 17.7. The normalized spacial score (nSPS) is 13.1. The first-order chi connectivity index (χ1) is 10.7. The smallest absolute Gasteiger partial charge is 0.338 e. The number of nitro benzene ring substituents is 1. The molecular formula is C14H18N2O7. The van der Waals surface area contributed by atoms with Gasteiger partial charge in [0.05, 0.1) is 17.6 Å². The Morgan fingerprint density at radius 1 is 1.39 bits per heavy atom. The number of nitrogens with one attached hydrogen (secondary N) is 1. The Bertz CT molecular complexity index is 630. The average molecular weight is 326 g/mol. The Morgan fingerprint density at radius 2 is 2.00 bits per heavy atom. The maximum Gasteiger partial charge on any atom is 0.338 e. The molecule has 2 atom stereocenters. The molecule has 1 aromatic carbocycles. The molecule has 0 saturated heterocycles. The van der Waals surface area contributed by atoms with Crippen molar-refractivity contribution in [1.82, 2.24) is 5.32 Å². The van der Waals surface area contributed by atoms with Crippen molar-refractivity contribution >= 4 is 17.6 Å². The van der Waals surface area contributed by atoms with E-state index in [-0.39, 0.29) is 23.2 Å². The van der Waals surface area contributed by atoms with Crippen molar-refractivity contribution in [2.45, 2.75) is 26.1 Å². The molecule has 3 N–H and O–H groups in total. The second-order valence-corrected chi connectivity index (χ2v) is 4.91. The van der Waals surface area contributed by atoms with Crippen molar-refractivity contribution in [2.75, 3.05) is 13.7 Å². The highest BCUT2D eigenvalue weighted by atomic mass is 16.6. The van der Waals surface area contributed by atoms with Gasteiger partial charge in [-0.1, -0.05) is 0 Å². The first-order valence-electron chi connectivity index (χ1n) is 6.66. The third kappa shape index (κ3) is 4.47. The highest BCUT2D eigenvalue weighted by Crippen LogP contribution is 2.29. The molecule has 0 aromatic heterocycles. The van der Waals surface area contributed by atoms with Gasteiger partial charge in [-0.3, -0.25) is 14.9 Å². The number of nitro groups is 1. The van der Waals surface area contributed by atoms with Crippen LogP contribution in [-0.2, 0) is 9.53 Å². The number of carbonyl (C=O) groups is 2. The molecule has 0 saturated carbocycles. The maximum atomic E-state index is 11.7. The van der Waals surface area contributed by atoms with Gasteiger partial charge >= 0.3 is 5.97 Å². The molecule has 2 unspecified atom stereocenters. The number of amides is 1. The minimum absolute atomic E-state index is 0.0115. The molecule has 0 bridgehead atoms. The van der Waals surface area contributed by atoms with E-state index in [4.69, 9.17) is 0 Å². The van der Waals surface area contributed by atoms with Crippen LogP contribution in [0.15, 0.2) is 12.1 Å². The fourth-order valence-electron chi connectivity index (χ4n) is 2.02. The van der Waals surface area contributed by atoms with Crippen molar-refractivity contribution in [2.24, 2.45) is 0 Å². The highest BCUT2D eigenvalue weighted by Gasteiger charge is 2.26. The van der Waals surface area contributed by atoms with Crippen LogP contribution in [0.1, 0.15) is 34.5 Å². The van der Waals surface area contributed by atoms with Gasteiger partial charge in [-0.25, -0.2) is 4.79 Å². The SMILES string of the molecule is COC(=O)c1cc([N+](=O)[O-])cc(C(O)C(O)CNC(C)=O)c1C. The van der Waals surface area contributed by atoms with Crippen LogP contribution in [-0.4, -0.2) is 46.8 Å². The van der Waals surface area contributed by atoms with Gasteiger partial charge in [-0.2, -0.15) is 0 Å². The average Bonchev–Trinajstić information content (AvgIpc) is 2.50. The van der Waals surface area contributed by atoms with Gasteiger partial charge in [0.2, 0.25) is 5.91 Å². The van der Waals surface area contributed by atoms with Crippen molar-refractivity contribution in [3.05, 3.63) is 38.9 Å². The number of esters is 1. The summed E-state index contributed by atoms with van der Waals surface area (Å²) in [6, 6.07) is 2.11. The molecule has 0 fully saturated rings. The fraction of sp³-hybridized carbons (Fsp3) is 0.429. The van der Waals surface area contributed by atoms with E-state index < -0.39 is 34.7 Å². The summed E-state index contributed by atoms with van der Waals surface area (Å²) in [5, 5.41) is 33.4. The fourth-order valence-corrected chi connectivity index (χ4v) is 2.02. The van der Waals surface area contributed by atoms with Crippen LogP contribution < -0.4 is 5.32 Å². The number of non-ortho nitro benzene ring substituents is 1. The molecule has 0 aliphatic heterocycles. The van der Waals surface area contributed by atoms with E-state index >= 15 is 0 Å². The van der Waals surface area contributed by atoms with Gasteiger partial charge in [0.1, 0.15) is 12.2 Å². The molecule has 0 aliphatic carbocycles. The summed E-state index contributed by atoms with van der Waals surface area (Å²) in [6.45, 7) is 2.47. The number of aliphatic hydroxyl groups excluding tert-OH is 2. The molecule has 9 nitrogen and oxygen atoms in total. The second kappa shape index (κ2) is 7.65. The maximum absolute atomic E-state index is 11.7. The highest BCUT2D eigenvalue weighted by molar-refractivity contribution is 5.92. The molecule has 0 spiro atoms. The number of rotatable bonds is 6. The Balaban J connectivity index is 3.27. The van der Waals surface area contributed by atoms with Crippen molar-refractivity contribution in [3.8, 4) is 0 Å². The van der Waals surface area contributed by atoms with Gasteiger partial charge in [-0.05, 0) is 18.1 Å². The van der Waals surface area contributed by atoms with Crippen molar-refractivity contribution < 1.29 is 29.5 Å². The van der Waals surface area contributed by atoms with E-state index in [0.717, 1.165) is 19.2 Å². The van der Waals surface area contributed by atoms with Crippen LogP contribution in [0.3, 0.4) is 0 Å². The number of methoxy groups -OCH3 is 1. The monoisotopic (exact) mass is 326 g/mol. The molecule has 0 radical (unpaired) electrons. The second-order valence-electron chi connectivity index (χ2n) is 4.91. The summed E-state index contributed by atoms with van der Waals surface area (Å²) in [5.74, 6) is -1.20. The number of nitrogens with zero attached hydrogens (tertiary/aromatic N) is 1. The Labute approximate surface area is 132 Å². The molecule has 126 valence electrons. The minimum Gasteiger partial charge on any atom is -0.465 e. The Hall–Kier alpha value is -2.52. The summed E-state index contributed by atoms with van der Waals surface area (Å²) < 4.78 is 4.56. The topological polar surface area (TPSA) is 139 Å². The first kappa shape index (κ1) is 18.5. The van der Waals surface area contributed by atoms with Gasteiger partial charge in [-0.15, -0.1) is 0 Å². The minimum atomic E-state index is -1.52. The molecule has 1 amide bonds. The Morgan fingerprint density at radius 3 is 2.48 bits per heavy atom. The standard InChI is InChI=1S/C14H18N2O7/c1-7-10(13(19)12(18)6-15-8(2)17)4-9(16(21)22)5-11(7)14(20)23-3/h4-5,12-13,18-19H,6H2,1-3H3,(H,15,17). The number of benzene rings is 1. The van der Waals surface area contributed by atoms with E-state index in [1.165, 1.54) is 13.8 Å². The number of carbonyl (C=O) groups excluding carboxylic acids is 2. The van der Waals surface area contributed by atoms with Gasteiger partial charge in [0, 0.05) is 25.6 Å². The lowest BCUT2D eigenvalue weighted by molar-refractivity contribution is -0.385. The molecule has 0 heterocycles. The van der Waals surface area contributed by atoms with Crippen LogP contribution >= 0.6 is 0 Å². The molecule has 0 aliphatic rings. The number of aliphatic hydroxyl groups is 2. The summed E-state index contributed by atoms with van der Waals surface area (Å²) in [5.41, 5.74) is -0.242. The molecule has 1 rings (SSSR count). The van der Waals surface area contributed by atoms with E-state index in [0.29, 0.717) is 0 Å². The number of hydrogen-bond donors (Lipinski definition) is 3. The zero-order valence-electron chi connectivity index (χ0n) is 12.9. The van der Waals surface area contributed by atoms with Crippen LogP contribution in [0.5, 0.6) is 0 Å². The number of hydrogen-bond acceptors (Lipinski definition) is 7. The lowest BCUT2D eigenvalue weighted by Gasteiger charge is -2.21. The van der Waals surface area contributed by atoms with Crippen LogP contribution in [0.25, 0.3) is 0 Å². The lowest BCUT2D eigenvalue weighted by atomic mass is 9.94. The van der Waals surface area contributed by atoms with Gasteiger partial charge in [0.15, 0.2) is 0 Å². The van der Waals surface area contributed by atoms with Crippen LogP contribution in [0, 0.1) is 17.0 Å². The van der Waals surface area contributed by atoms with E-state index in [2.05, 4.69) is 10.1 Å². The molecular weight excluding hydrogens is 308 g/mol. The predicted molar refractivity (Wildman–Crippen MR) is 78.8 cm³/mol.